The molecule has 0 spiro atoms. The van der Waals surface area contributed by atoms with Gasteiger partial charge < -0.3 is 0 Å². The Bertz CT molecular complexity index is 778. The van der Waals surface area contributed by atoms with Crippen molar-refractivity contribution >= 4 is 0 Å². The molecule has 0 unspecified atom stereocenters. The minimum absolute atomic E-state index is 0.0299. The lowest BCUT2D eigenvalue weighted by atomic mass is 9.79. The Morgan fingerprint density at radius 3 is 2.00 bits per heavy atom. The average molecular weight is 333 g/mol. The summed E-state index contributed by atoms with van der Waals surface area (Å²) in [6.45, 7) is 0. The summed E-state index contributed by atoms with van der Waals surface area (Å²) >= 11 is 0. The normalized spacial score (nSPS) is 20.6. The van der Waals surface area contributed by atoms with Crippen molar-refractivity contribution in [1.82, 2.24) is 0 Å². The Hall–Kier alpha value is -2.35. The van der Waals surface area contributed by atoms with Crippen molar-refractivity contribution in [1.29, 1.82) is 5.26 Å². The van der Waals surface area contributed by atoms with Gasteiger partial charge in [0.1, 0.15) is 5.82 Å². The van der Waals surface area contributed by atoms with E-state index < -0.39 is 23.3 Å². The smallest absolute Gasteiger partial charge is 0.194 e. The van der Waals surface area contributed by atoms with Crippen LogP contribution in [0.3, 0.4) is 0 Å². The summed E-state index contributed by atoms with van der Waals surface area (Å²) in [5.74, 6) is -4.60. The minimum atomic E-state index is -1.56. The van der Waals surface area contributed by atoms with E-state index in [1.54, 1.807) is 6.07 Å². The fourth-order valence-electron chi connectivity index (χ4n) is 3.29. The third-order valence-electron chi connectivity index (χ3n) is 4.67. The second-order valence-electron chi connectivity index (χ2n) is 6.17. The second kappa shape index (κ2) is 6.64. The molecule has 1 saturated carbocycles. The van der Waals surface area contributed by atoms with Crippen molar-refractivity contribution in [2.45, 2.75) is 31.6 Å². The summed E-state index contributed by atoms with van der Waals surface area (Å²) in [6, 6.07) is 8.39. The fourth-order valence-corrected chi connectivity index (χ4v) is 3.29. The lowest BCUT2D eigenvalue weighted by Crippen LogP contribution is -2.12. The maximum absolute atomic E-state index is 14.4. The molecule has 0 heterocycles. The number of hydrogen-bond acceptors (Lipinski definition) is 1. The molecule has 3 rings (SSSR count). The molecule has 1 aliphatic rings. The van der Waals surface area contributed by atoms with Crippen LogP contribution < -0.4 is 0 Å². The van der Waals surface area contributed by atoms with Crippen LogP contribution in [0.15, 0.2) is 30.3 Å². The Balaban J connectivity index is 1.87. The number of hydrogen-bond donors (Lipinski definition) is 0. The first-order valence-corrected chi connectivity index (χ1v) is 7.83. The molecule has 2 aromatic carbocycles. The number of nitriles is 1. The molecule has 0 atom stereocenters. The standard InChI is InChI=1S/C19H15F4N/c20-16-7-13(12-3-1-11(10-24)2-4-12)5-6-15(16)14-8-17(21)19(23)18(22)9-14/h5-9,11-12H,1-4H2. The molecule has 124 valence electrons. The fraction of sp³-hybridized carbons (Fsp3) is 0.316. The summed E-state index contributed by atoms with van der Waals surface area (Å²) in [4.78, 5) is 0. The van der Waals surface area contributed by atoms with E-state index in [1.165, 1.54) is 12.1 Å². The van der Waals surface area contributed by atoms with E-state index in [-0.39, 0.29) is 23.0 Å². The van der Waals surface area contributed by atoms with E-state index in [4.69, 9.17) is 5.26 Å². The maximum Gasteiger partial charge on any atom is 0.194 e. The van der Waals surface area contributed by atoms with Crippen molar-refractivity contribution in [2.24, 2.45) is 5.92 Å². The Kier molecular flexibility index (Phi) is 4.57. The van der Waals surface area contributed by atoms with Crippen molar-refractivity contribution in [3.05, 3.63) is 59.2 Å². The second-order valence-corrected chi connectivity index (χ2v) is 6.17. The highest BCUT2D eigenvalue weighted by atomic mass is 19.2. The summed E-state index contributed by atoms with van der Waals surface area (Å²) < 4.78 is 54.1. The van der Waals surface area contributed by atoms with E-state index in [1.807, 2.05) is 0 Å². The van der Waals surface area contributed by atoms with E-state index in [0.717, 1.165) is 43.4 Å². The third-order valence-corrected chi connectivity index (χ3v) is 4.67. The monoisotopic (exact) mass is 333 g/mol. The van der Waals surface area contributed by atoms with Crippen LogP contribution in [0.5, 0.6) is 0 Å². The van der Waals surface area contributed by atoms with Gasteiger partial charge in [0.05, 0.1) is 6.07 Å². The van der Waals surface area contributed by atoms with Gasteiger partial charge in [-0.05, 0) is 60.9 Å². The number of benzene rings is 2. The van der Waals surface area contributed by atoms with Crippen LogP contribution in [0.1, 0.15) is 37.2 Å². The van der Waals surface area contributed by atoms with E-state index in [2.05, 4.69) is 6.07 Å². The first kappa shape index (κ1) is 16.5. The van der Waals surface area contributed by atoms with E-state index in [0.29, 0.717) is 0 Å². The molecule has 0 aromatic heterocycles. The lowest BCUT2D eigenvalue weighted by molar-refractivity contribution is 0.381. The van der Waals surface area contributed by atoms with Gasteiger partial charge in [-0.15, -0.1) is 0 Å². The Labute approximate surface area is 137 Å². The minimum Gasteiger partial charge on any atom is -0.206 e. The zero-order valence-corrected chi connectivity index (χ0v) is 12.8. The van der Waals surface area contributed by atoms with E-state index >= 15 is 0 Å². The molecule has 0 bridgehead atoms. The Morgan fingerprint density at radius 1 is 0.833 bits per heavy atom. The molecule has 2 aromatic rings. The largest absolute Gasteiger partial charge is 0.206 e. The molecule has 24 heavy (non-hydrogen) atoms. The first-order valence-electron chi connectivity index (χ1n) is 7.83. The van der Waals surface area contributed by atoms with Gasteiger partial charge in [-0.2, -0.15) is 5.26 Å². The topological polar surface area (TPSA) is 23.8 Å². The van der Waals surface area contributed by atoms with Crippen LogP contribution in [-0.2, 0) is 0 Å². The molecule has 1 fully saturated rings. The summed E-state index contributed by atoms with van der Waals surface area (Å²) in [6.07, 6.45) is 3.21. The van der Waals surface area contributed by atoms with Crippen LogP contribution in [0.2, 0.25) is 0 Å². The van der Waals surface area contributed by atoms with Crippen molar-refractivity contribution < 1.29 is 17.6 Å². The summed E-state index contributed by atoms with van der Waals surface area (Å²) in [5, 5.41) is 8.92. The van der Waals surface area contributed by atoms with Gasteiger partial charge in [-0.25, -0.2) is 17.6 Å². The SMILES string of the molecule is N#CC1CCC(c2ccc(-c3cc(F)c(F)c(F)c3)c(F)c2)CC1. The van der Waals surface area contributed by atoms with E-state index in [9.17, 15) is 17.6 Å². The zero-order valence-electron chi connectivity index (χ0n) is 12.8. The summed E-state index contributed by atoms with van der Waals surface area (Å²) in [5.41, 5.74) is 0.807. The molecule has 0 N–H and O–H groups in total. The Morgan fingerprint density at radius 2 is 1.46 bits per heavy atom. The molecule has 0 saturated heterocycles. The lowest BCUT2D eigenvalue weighted by Gasteiger charge is -2.25. The van der Waals surface area contributed by atoms with Crippen LogP contribution in [0.25, 0.3) is 11.1 Å². The molecule has 1 nitrogen and oxygen atoms in total. The maximum atomic E-state index is 14.4. The van der Waals surface area contributed by atoms with Crippen LogP contribution in [0.4, 0.5) is 17.6 Å². The summed E-state index contributed by atoms with van der Waals surface area (Å²) in [7, 11) is 0. The van der Waals surface area contributed by atoms with Crippen LogP contribution in [0, 0.1) is 40.5 Å². The van der Waals surface area contributed by atoms with Gasteiger partial charge in [-0.3, -0.25) is 0 Å². The van der Waals surface area contributed by atoms with Crippen LogP contribution >= 0.6 is 0 Å². The van der Waals surface area contributed by atoms with Crippen molar-refractivity contribution in [2.75, 3.05) is 0 Å². The van der Waals surface area contributed by atoms with Gasteiger partial charge in [0, 0.05) is 11.5 Å². The molecule has 0 aliphatic heterocycles. The van der Waals surface area contributed by atoms with Gasteiger partial charge in [0.15, 0.2) is 17.5 Å². The van der Waals surface area contributed by atoms with Crippen molar-refractivity contribution in [3.8, 4) is 17.2 Å². The highest BCUT2D eigenvalue weighted by molar-refractivity contribution is 5.65. The van der Waals surface area contributed by atoms with Gasteiger partial charge in [0.25, 0.3) is 0 Å². The predicted octanol–water partition coefficient (Wildman–Crippen LogP) is 5.71. The highest BCUT2D eigenvalue weighted by Gasteiger charge is 2.23. The molecular formula is C19H15F4N. The highest BCUT2D eigenvalue weighted by Crippen LogP contribution is 2.37. The first-order chi connectivity index (χ1) is 11.5. The number of rotatable bonds is 2. The third kappa shape index (κ3) is 3.14. The van der Waals surface area contributed by atoms with Gasteiger partial charge in [-0.1, -0.05) is 12.1 Å². The molecule has 0 radical (unpaired) electrons. The molecule has 5 heteroatoms. The number of nitrogens with zero attached hydrogens (tertiary/aromatic N) is 1. The predicted molar refractivity (Wildman–Crippen MR) is 82.0 cm³/mol. The average Bonchev–Trinajstić information content (AvgIpc) is 2.59. The zero-order chi connectivity index (χ0) is 17.3. The quantitative estimate of drug-likeness (QED) is 0.510. The molecule has 1 aliphatic carbocycles. The van der Waals surface area contributed by atoms with Gasteiger partial charge >= 0.3 is 0 Å². The van der Waals surface area contributed by atoms with Gasteiger partial charge in [0.2, 0.25) is 0 Å². The number of halogens is 4. The van der Waals surface area contributed by atoms with Crippen LogP contribution in [-0.4, -0.2) is 0 Å². The molecular weight excluding hydrogens is 318 g/mol. The van der Waals surface area contributed by atoms with Crippen molar-refractivity contribution in [3.63, 3.8) is 0 Å². The molecule has 0 amide bonds.